The normalized spacial score (nSPS) is 20.3. The molecular weight excluding hydrogens is 391 g/mol. The van der Waals surface area contributed by atoms with Crippen molar-refractivity contribution in [3.63, 3.8) is 0 Å². The average molecular weight is 406 g/mol. The maximum absolute atomic E-state index is 12.3. The van der Waals surface area contributed by atoms with E-state index in [0.29, 0.717) is 25.7 Å². The number of aromatic nitrogens is 3. The highest BCUT2D eigenvalue weighted by Gasteiger charge is 2.32. The van der Waals surface area contributed by atoms with Gasteiger partial charge in [0.05, 0.1) is 5.02 Å². The van der Waals surface area contributed by atoms with Crippen molar-refractivity contribution in [2.24, 2.45) is 0 Å². The molecule has 1 fully saturated rings. The molecule has 2 aromatic rings. The number of alkyl halides is 3. The van der Waals surface area contributed by atoms with Gasteiger partial charge in [-0.1, -0.05) is 28.0 Å². The maximum Gasteiger partial charge on any atom is 0.573 e. The van der Waals surface area contributed by atoms with Gasteiger partial charge in [-0.15, -0.1) is 13.2 Å². The third kappa shape index (κ3) is 4.82. The number of carboxylic acids is 1. The molecule has 0 amide bonds. The number of aromatic amines is 1. The number of H-pyrrole nitrogens is 1. The Kier molecular flexibility index (Phi) is 5.45. The maximum atomic E-state index is 12.3. The van der Waals surface area contributed by atoms with Gasteiger partial charge in [-0.05, 0) is 49.3 Å². The van der Waals surface area contributed by atoms with Crippen molar-refractivity contribution in [2.45, 2.75) is 44.1 Å². The molecule has 1 aromatic heterocycles. The lowest BCUT2D eigenvalue weighted by Gasteiger charge is -2.28. The fourth-order valence-corrected chi connectivity index (χ4v) is 3.32. The zero-order valence-corrected chi connectivity index (χ0v) is 14.5. The largest absolute Gasteiger partial charge is 0.573 e. The Morgan fingerprint density at radius 3 is 2.56 bits per heavy atom. The van der Waals surface area contributed by atoms with Crippen LogP contribution in [-0.2, 0) is 0 Å². The molecule has 0 bridgehead atoms. The van der Waals surface area contributed by atoms with Crippen LogP contribution < -0.4 is 9.47 Å². The lowest BCUT2D eigenvalue weighted by molar-refractivity contribution is -0.274. The Hall–Kier alpha value is -2.49. The fourth-order valence-electron chi connectivity index (χ4n) is 3.09. The second kappa shape index (κ2) is 7.63. The highest BCUT2D eigenvalue weighted by Crippen LogP contribution is 2.38. The van der Waals surface area contributed by atoms with Crippen LogP contribution >= 0.6 is 11.6 Å². The molecule has 0 atom stereocenters. The zero-order valence-electron chi connectivity index (χ0n) is 13.8. The van der Waals surface area contributed by atoms with Crippen LogP contribution in [0, 0.1) is 0 Å². The van der Waals surface area contributed by atoms with Gasteiger partial charge in [-0.3, -0.25) is 0 Å². The van der Waals surface area contributed by atoms with Crippen LogP contribution in [0.5, 0.6) is 11.6 Å². The number of carbonyl (C=O) groups is 1. The van der Waals surface area contributed by atoms with Gasteiger partial charge in [0.25, 0.3) is 5.88 Å². The van der Waals surface area contributed by atoms with E-state index in [1.165, 1.54) is 12.1 Å². The summed E-state index contributed by atoms with van der Waals surface area (Å²) in [6.45, 7) is 0. The summed E-state index contributed by atoms with van der Waals surface area (Å²) in [7, 11) is 0. The van der Waals surface area contributed by atoms with Gasteiger partial charge in [0.1, 0.15) is 11.9 Å². The smallest absolute Gasteiger partial charge is 0.476 e. The standard InChI is InChI=1S/C16H15ClF3N3O4/c17-11-7-9(3-6-12(11)27-16(18,19)20)8-1-4-10(5-2-8)26-14-13(15(24)25)21-23-22-14/h3,6-8,10H,1-2,4-5H2,(H,24,25)(H,21,22,23)/t8-,10-. The van der Waals surface area contributed by atoms with Crippen LogP contribution in [0.15, 0.2) is 18.2 Å². The highest BCUT2D eigenvalue weighted by molar-refractivity contribution is 6.32. The van der Waals surface area contributed by atoms with Crippen LogP contribution in [0.4, 0.5) is 13.2 Å². The number of carboxylic acid groups (broad SMARTS) is 1. The van der Waals surface area contributed by atoms with Crippen molar-refractivity contribution < 1.29 is 32.5 Å². The minimum Gasteiger partial charge on any atom is -0.476 e. The summed E-state index contributed by atoms with van der Waals surface area (Å²) in [6.07, 6.45) is -2.32. The number of ether oxygens (including phenoxy) is 2. The van der Waals surface area contributed by atoms with Gasteiger partial charge in [0.2, 0.25) is 5.69 Å². The minimum atomic E-state index is -4.80. The molecule has 27 heavy (non-hydrogen) atoms. The van der Waals surface area contributed by atoms with Gasteiger partial charge < -0.3 is 14.6 Å². The summed E-state index contributed by atoms with van der Waals surface area (Å²) >= 11 is 5.90. The average Bonchev–Trinajstić information content (AvgIpc) is 3.05. The van der Waals surface area contributed by atoms with Gasteiger partial charge in [-0.25, -0.2) is 9.89 Å². The summed E-state index contributed by atoms with van der Waals surface area (Å²) < 4.78 is 46.4. The molecule has 0 saturated heterocycles. The molecule has 1 aromatic carbocycles. The van der Waals surface area contributed by atoms with Crippen LogP contribution in [0.25, 0.3) is 0 Å². The molecule has 1 aliphatic carbocycles. The van der Waals surface area contributed by atoms with Crippen molar-refractivity contribution in [2.75, 3.05) is 0 Å². The molecule has 7 nitrogen and oxygen atoms in total. The number of aromatic carboxylic acids is 1. The quantitative estimate of drug-likeness (QED) is 0.775. The summed E-state index contributed by atoms with van der Waals surface area (Å²) in [5.41, 5.74) is 0.616. The Morgan fingerprint density at radius 1 is 1.26 bits per heavy atom. The van der Waals surface area contributed by atoms with E-state index in [-0.39, 0.29) is 28.6 Å². The SMILES string of the molecule is O=C(O)c1[nH]nnc1O[C@H]1CC[C@H](c2ccc(OC(F)(F)F)c(Cl)c2)CC1. The Bertz CT molecular complexity index is 819. The minimum absolute atomic E-state index is 0.0531. The number of halogens is 4. The molecule has 1 heterocycles. The lowest BCUT2D eigenvalue weighted by Crippen LogP contribution is -2.24. The topological polar surface area (TPSA) is 97.3 Å². The second-order valence-electron chi connectivity index (χ2n) is 6.13. The molecule has 0 radical (unpaired) electrons. The number of benzene rings is 1. The molecule has 146 valence electrons. The van der Waals surface area contributed by atoms with Crippen LogP contribution in [0.3, 0.4) is 0 Å². The van der Waals surface area contributed by atoms with Gasteiger partial charge in [0, 0.05) is 0 Å². The van der Waals surface area contributed by atoms with Gasteiger partial charge >= 0.3 is 12.3 Å². The summed E-state index contributed by atoms with van der Waals surface area (Å²) in [4.78, 5) is 11.0. The van der Waals surface area contributed by atoms with Crippen molar-refractivity contribution >= 4 is 17.6 Å². The van der Waals surface area contributed by atoms with E-state index in [1.807, 2.05) is 0 Å². The van der Waals surface area contributed by atoms with E-state index >= 15 is 0 Å². The molecule has 1 aliphatic rings. The summed E-state index contributed by atoms with van der Waals surface area (Å²) in [5, 5.41) is 18.2. The summed E-state index contributed by atoms with van der Waals surface area (Å²) in [5.74, 6) is -1.59. The van der Waals surface area contributed by atoms with Crippen molar-refractivity contribution in [3.05, 3.63) is 34.5 Å². The summed E-state index contributed by atoms with van der Waals surface area (Å²) in [6, 6.07) is 4.26. The van der Waals surface area contributed by atoms with Crippen LogP contribution in [0.1, 0.15) is 47.7 Å². The molecule has 11 heteroatoms. The highest BCUT2D eigenvalue weighted by atomic mass is 35.5. The molecule has 0 unspecified atom stereocenters. The van der Waals surface area contributed by atoms with E-state index < -0.39 is 18.1 Å². The molecular formula is C16H15ClF3N3O4. The van der Waals surface area contributed by atoms with E-state index in [4.69, 9.17) is 21.4 Å². The lowest BCUT2D eigenvalue weighted by atomic mass is 9.83. The fraction of sp³-hybridized carbons (Fsp3) is 0.438. The Labute approximate surface area is 156 Å². The molecule has 0 spiro atoms. The monoisotopic (exact) mass is 405 g/mol. The van der Waals surface area contributed by atoms with Crippen LogP contribution in [0.2, 0.25) is 5.02 Å². The first-order valence-corrected chi connectivity index (χ1v) is 8.47. The molecule has 2 N–H and O–H groups in total. The number of nitrogens with zero attached hydrogens (tertiary/aromatic N) is 2. The third-order valence-corrected chi connectivity index (χ3v) is 4.63. The molecule has 3 rings (SSSR count). The first-order chi connectivity index (χ1) is 12.7. The number of hydrogen-bond donors (Lipinski definition) is 2. The zero-order chi connectivity index (χ0) is 19.6. The Balaban J connectivity index is 1.60. The first kappa shape index (κ1) is 19.3. The van der Waals surface area contributed by atoms with E-state index in [9.17, 15) is 18.0 Å². The van der Waals surface area contributed by atoms with Crippen molar-refractivity contribution in [3.8, 4) is 11.6 Å². The Morgan fingerprint density at radius 2 is 1.96 bits per heavy atom. The van der Waals surface area contributed by atoms with Gasteiger partial charge in [-0.2, -0.15) is 0 Å². The number of rotatable bonds is 5. The predicted octanol–water partition coefficient (Wildman–Crippen LogP) is 4.16. The number of nitrogens with one attached hydrogen (secondary N) is 1. The predicted molar refractivity (Wildman–Crippen MR) is 87.1 cm³/mol. The third-order valence-electron chi connectivity index (χ3n) is 4.34. The van der Waals surface area contributed by atoms with Crippen LogP contribution in [-0.4, -0.2) is 39.0 Å². The van der Waals surface area contributed by atoms with Gasteiger partial charge in [0.15, 0.2) is 0 Å². The van der Waals surface area contributed by atoms with Crippen molar-refractivity contribution in [1.82, 2.24) is 15.4 Å². The van der Waals surface area contributed by atoms with E-state index in [1.54, 1.807) is 6.07 Å². The molecule has 1 saturated carbocycles. The molecule has 0 aliphatic heterocycles. The van der Waals surface area contributed by atoms with Crippen molar-refractivity contribution in [1.29, 1.82) is 0 Å². The second-order valence-corrected chi connectivity index (χ2v) is 6.53. The first-order valence-electron chi connectivity index (χ1n) is 8.09. The van der Waals surface area contributed by atoms with E-state index in [0.717, 1.165) is 5.56 Å². The van der Waals surface area contributed by atoms with E-state index in [2.05, 4.69) is 20.1 Å². The number of hydrogen-bond acceptors (Lipinski definition) is 5.